The monoisotopic (exact) mass is 175 g/mol. The maximum absolute atomic E-state index is 9.27. The summed E-state index contributed by atoms with van der Waals surface area (Å²) in [6.45, 7) is 0. The number of hydrogen-bond acceptors (Lipinski definition) is 4. The minimum atomic E-state index is 0.233. The van der Waals surface area contributed by atoms with Gasteiger partial charge in [0.25, 0.3) is 0 Å². The van der Waals surface area contributed by atoms with Crippen LogP contribution in [0.1, 0.15) is 0 Å². The first-order valence-corrected chi connectivity index (χ1v) is 3.93. The number of nitrogens with one attached hydrogen (secondary N) is 1. The second-order valence-electron chi connectivity index (χ2n) is 2.71. The van der Waals surface area contributed by atoms with E-state index in [9.17, 15) is 5.11 Å². The molecule has 66 valence electrons. The molecule has 1 aromatic heterocycles. The van der Waals surface area contributed by atoms with Crippen molar-refractivity contribution >= 4 is 16.6 Å². The van der Waals surface area contributed by atoms with E-state index in [0.717, 1.165) is 16.6 Å². The van der Waals surface area contributed by atoms with Crippen LogP contribution in [0.25, 0.3) is 10.9 Å². The van der Waals surface area contributed by atoms with Crippen molar-refractivity contribution in [2.24, 2.45) is 0 Å². The van der Waals surface area contributed by atoms with Gasteiger partial charge in [-0.3, -0.25) is 0 Å². The topological polar surface area (TPSA) is 58.0 Å². The summed E-state index contributed by atoms with van der Waals surface area (Å²) in [5.74, 6) is 0.233. The fourth-order valence-electron chi connectivity index (χ4n) is 1.24. The average molecular weight is 175 g/mol. The van der Waals surface area contributed by atoms with Gasteiger partial charge in [0.1, 0.15) is 5.75 Å². The first kappa shape index (κ1) is 7.79. The summed E-state index contributed by atoms with van der Waals surface area (Å²) in [6.07, 6.45) is 1.63. The third-order valence-electron chi connectivity index (χ3n) is 1.89. The molecular weight excluding hydrogens is 166 g/mol. The molecule has 0 amide bonds. The molecule has 0 aliphatic carbocycles. The summed E-state index contributed by atoms with van der Waals surface area (Å²) in [5.41, 5.74) is 1.63. The SMILES string of the molecule is CNc1cnnc2ccc(O)cc12. The molecule has 2 N–H and O–H groups in total. The van der Waals surface area contributed by atoms with Crippen molar-refractivity contribution in [1.29, 1.82) is 0 Å². The lowest BCUT2D eigenvalue weighted by Crippen LogP contribution is -1.92. The maximum Gasteiger partial charge on any atom is 0.116 e. The Balaban J connectivity index is 2.79. The lowest BCUT2D eigenvalue weighted by atomic mass is 10.2. The lowest BCUT2D eigenvalue weighted by Gasteiger charge is -2.03. The minimum Gasteiger partial charge on any atom is -0.508 e. The average Bonchev–Trinajstić information content (AvgIpc) is 2.17. The lowest BCUT2D eigenvalue weighted by molar-refractivity contribution is 0.476. The fourth-order valence-corrected chi connectivity index (χ4v) is 1.24. The van der Waals surface area contributed by atoms with Crippen molar-refractivity contribution < 1.29 is 5.11 Å². The van der Waals surface area contributed by atoms with Crippen LogP contribution in [-0.2, 0) is 0 Å². The number of phenolic OH excluding ortho intramolecular Hbond substituents is 1. The molecule has 1 heterocycles. The van der Waals surface area contributed by atoms with E-state index in [4.69, 9.17) is 0 Å². The molecule has 0 aliphatic heterocycles. The number of fused-ring (bicyclic) bond motifs is 1. The van der Waals surface area contributed by atoms with Crippen molar-refractivity contribution in [1.82, 2.24) is 10.2 Å². The summed E-state index contributed by atoms with van der Waals surface area (Å²) in [6, 6.07) is 4.99. The highest BCUT2D eigenvalue weighted by molar-refractivity contribution is 5.91. The van der Waals surface area contributed by atoms with Gasteiger partial charge in [-0.25, -0.2) is 0 Å². The minimum absolute atomic E-state index is 0.233. The molecule has 0 unspecified atom stereocenters. The van der Waals surface area contributed by atoms with E-state index < -0.39 is 0 Å². The molecule has 2 rings (SSSR count). The molecule has 0 fully saturated rings. The van der Waals surface area contributed by atoms with Crippen molar-refractivity contribution in [2.75, 3.05) is 12.4 Å². The Morgan fingerprint density at radius 1 is 1.38 bits per heavy atom. The number of phenols is 1. The van der Waals surface area contributed by atoms with Gasteiger partial charge in [0.15, 0.2) is 0 Å². The van der Waals surface area contributed by atoms with Gasteiger partial charge in [-0.15, -0.1) is 0 Å². The van der Waals surface area contributed by atoms with Crippen LogP contribution in [-0.4, -0.2) is 22.4 Å². The number of benzene rings is 1. The molecule has 4 heteroatoms. The molecule has 0 aliphatic rings. The Bertz CT molecular complexity index is 442. The standard InChI is InChI=1S/C9H9N3O/c1-10-9-5-11-12-8-3-2-6(13)4-7(8)9/h2-5,13H,1H3,(H,10,12). The molecule has 0 bridgehead atoms. The second kappa shape index (κ2) is 2.90. The van der Waals surface area contributed by atoms with Gasteiger partial charge in [0.2, 0.25) is 0 Å². The normalized spacial score (nSPS) is 10.2. The molecular formula is C9H9N3O. The molecule has 1 aromatic carbocycles. The van der Waals surface area contributed by atoms with Crippen molar-refractivity contribution in [2.45, 2.75) is 0 Å². The van der Waals surface area contributed by atoms with Crippen molar-refractivity contribution in [3.8, 4) is 5.75 Å². The van der Waals surface area contributed by atoms with Gasteiger partial charge in [-0.1, -0.05) is 0 Å². The van der Waals surface area contributed by atoms with Gasteiger partial charge >= 0.3 is 0 Å². The van der Waals surface area contributed by atoms with Crippen LogP contribution in [0.4, 0.5) is 5.69 Å². The number of aromatic nitrogens is 2. The molecule has 0 saturated heterocycles. The van der Waals surface area contributed by atoms with Gasteiger partial charge in [0, 0.05) is 12.4 Å². The summed E-state index contributed by atoms with van der Waals surface area (Å²) in [4.78, 5) is 0. The molecule has 4 nitrogen and oxygen atoms in total. The van der Waals surface area contributed by atoms with Gasteiger partial charge in [-0.2, -0.15) is 10.2 Å². The molecule has 0 spiro atoms. The number of aromatic hydroxyl groups is 1. The van der Waals surface area contributed by atoms with Crippen LogP contribution in [0.15, 0.2) is 24.4 Å². The van der Waals surface area contributed by atoms with E-state index in [1.54, 1.807) is 31.4 Å². The van der Waals surface area contributed by atoms with Crippen LogP contribution in [0.3, 0.4) is 0 Å². The Kier molecular flexibility index (Phi) is 1.73. The Labute approximate surface area is 75.2 Å². The van der Waals surface area contributed by atoms with E-state index >= 15 is 0 Å². The molecule has 0 saturated carbocycles. The first-order valence-electron chi connectivity index (χ1n) is 3.93. The number of rotatable bonds is 1. The van der Waals surface area contributed by atoms with Crippen LogP contribution in [0.5, 0.6) is 5.75 Å². The molecule has 13 heavy (non-hydrogen) atoms. The largest absolute Gasteiger partial charge is 0.508 e. The van der Waals surface area contributed by atoms with Crippen LogP contribution in [0.2, 0.25) is 0 Å². The zero-order chi connectivity index (χ0) is 9.26. The first-order chi connectivity index (χ1) is 6.31. The summed E-state index contributed by atoms with van der Waals surface area (Å²) >= 11 is 0. The van der Waals surface area contributed by atoms with Crippen molar-refractivity contribution in [3.63, 3.8) is 0 Å². The summed E-state index contributed by atoms with van der Waals surface area (Å²) < 4.78 is 0. The highest BCUT2D eigenvalue weighted by atomic mass is 16.3. The highest BCUT2D eigenvalue weighted by Gasteiger charge is 2.01. The third kappa shape index (κ3) is 1.26. The van der Waals surface area contributed by atoms with Crippen LogP contribution < -0.4 is 5.32 Å². The predicted molar refractivity (Wildman–Crippen MR) is 50.7 cm³/mol. The Hall–Kier alpha value is -1.84. The number of anilines is 1. The summed E-state index contributed by atoms with van der Waals surface area (Å²) in [7, 11) is 1.81. The number of nitrogens with zero attached hydrogens (tertiary/aromatic N) is 2. The molecule has 2 aromatic rings. The van der Waals surface area contributed by atoms with Crippen LogP contribution >= 0.6 is 0 Å². The van der Waals surface area contributed by atoms with Crippen LogP contribution in [0, 0.1) is 0 Å². The second-order valence-corrected chi connectivity index (χ2v) is 2.71. The van der Waals surface area contributed by atoms with E-state index in [2.05, 4.69) is 15.5 Å². The smallest absolute Gasteiger partial charge is 0.116 e. The van der Waals surface area contributed by atoms with Gasteiger partial charge < -0.3 is 10.4 Å². The zero-order valence-electron chi connectivity index (χ0n) is 7.15. The van der Waals surface area contributed by atoms with Gasteiger partial charge in [-0.05, 0) is 18.2 Å². The van der Waals surface area contributed by atoms with Crippen molar-refractivity contribution in [3.05, 3.63) is 24.4 Å². The third-order valence-corrected chi connectivity index (χ3v) is 1.89. The highest BCUT2D eigenvalue weighted by Crippen LogP contribution is 2.23. The van der Waals surface area contributed by atoms with E-state index in [1.807, 2.05) is 0 Å². The molecule has 0 atom stereocenters. The van der Waals surface area contributed by atoms with E-state index in [1.165, 1.54) is 0 Å². The van der Waals surface area contributed by atoms with E-state index in [-0.39, 0.29) is 5.75 Å². The maximum atomic E-state index is 9.27. The van der Waals surface area contributed by atoms with Gasteiger partial charge in [0.05, 0.1) is 17.4 Å². The predicted octanol–water partition coefficient (Wildman–Crippen LogP) is 1.38. The van der Waals surface area contributed by atoms with E-state index in [0.29, 0.717) is 0 Å². The quantitative estimate of drug-likeness (QED) is 0.687. The fraction of sp³-hybridized carbons (Fsp3) is 0.111. The zero-order valence-corrected chi connectivity index (χ0v) is 7.15. The summed E-state index contributed by atoms with van der Waals surface area (Å²) in [5, 5.41) is 20.9. The molecule has 0 radical (unpaired) electrons. The Morgan fingerprint density at radius 3 is 3.00 bits per heavy atom. The Morgan fingerprint density at radius 2 is 2.23 bits per heavy atom. The number of hydrogen-bond donors (Lipinski definition) is 2.